The summed E-state index contributed by atoms with van der Waals surface area (Å²) >= 11 is 0. The van der Waals surface area contributed by atoms with E-state index in [-0.39, 0.29) is 0 Å². The molecule has 0 atom stereocenters. The molecule has 164 valence electrons. The van der Waals surface area contributed by atoms with Crippen LogP contribution in [0.25, 0.3) is 22.5 Å². The van der Waals surface area contributed by atoms with Crippen LogP contribution in [0.4, 0.5) is 0 Å². The first-order valence-corrected chi connectivity index (χ1v) is 10.8. The average Bonchev–Trinajstić information content (AvgIpc) is 3.34. The van der Waals surface area contributed by atoms with Crippen LogP contribution in [0.1, 0.15) is 36.7 Å². The summed E-state index contributed by atoms with van der Waals surface area (Å²) in [6, 6.07) is 18.3. The molecule has 0 saturated heterocycles. The quantitative estimate of drug-likeness (QED) is 0.363. The molecule has 1 N–H and O–H groups in total. The van der Waals surface area contributed by atoms with Crippen molar-refractivity contribution in [1.82, 2.24) is 25.6 Å². The maximum absolute atomic E-state index is 6.15. The van der Waals surface area contributed by atoms with Gasteiger partial charge < -0.3 is 9.47 Å². The molecule has 0 spiro atoms. The number of benzene rings is 2. The molecule has 4 aromatic rings. The Labute approximate surface area is 187 Å². The van der Waals surface area contributed by atoms with Gasteiger partial charge in [0.2, 0.25) is 5.82 Å². The summed E-state index contributed by atoms with van der Waals surface area (Å²) in [5.41, 5.74) is 5.89. The van der Waals surface area contributed by atoms with Gasteiger partial charge in [-0.25, -0.2) is 0 Å². The number of nitrogens with zero attached hydrogens (tertiary/aromatic N) is 4. The first kappa shape index (κ1) is 21.5. The molecule has 2 aromatic heterocycles. The Morgan fingerprint density at radius 2 is 1.72 bits per heavy atom. The summed E-state index contributed by atoms with van der Waals surface area (Å²) in [5.74, 6) is 2.04. The van der Waals surface area contributed by atoms with Gasteiger partial charge in [0.15, 0.2) is 11.5 Å². The molecule has 4 rings (SSSR count). The molecule has 0 amide bonds. The SMILES string of the molecule is CCCCOc1c(OCc2ccc(-c3ccccc3-c3nn[nH]n3)cc2)cc(C)nc1C. The number of aromatic nitrogens is 5. The summed E-state index contributed by atoms with van der Waals surface area (Å²) in [4.78, 5) is 4.52. The molecule has 0 aliphatic rings. The number of H-pyrrole nitrogens is 1. The molecule has 7 nitrogen and oxygen atoms in total. The van der Waals surface area contributed by atoms with Crippen molar-refractivity contribution < 1.29 is 9.47 Å². The van der Waals surface area contributed by atoms with Crippen molar-refractivity contribution in [2.24, 2.45) is 0 Å². The second-order valence-electron chi connectivity index (χ2n) is 7.64. The molecule has 32 heavy (non-hydrogen) atoms. The first-order valence-electron chi connectivity index (χ1n) is 10.8. The monoisotopic (exact) mass is 429 g/mol. The van der Waals surface area contributed by atoms with Gasteiger partial charge in [0, 0.05) is 17.3 Å². The fourth-order valence-electron chi connectivity index (χ4n) is 3.53. The highest BCUT2D eigenvalue weighted by molar-refractivity contribution is 5.80. The second kappa shape index (κ2) is 10.0. The van der Waals surface area contributed by atoms with Gasteiger partial charge in [-0.2, -0.15) is 5.21 Å². The van der Waals surface area contributed by atoms with E-state index in [0.29, 0.717) is 19.0 Å². The lowest BCUT2D eigenvalue weighted by molar-refractivity contribution is 0.256. The van der Waals surface area contributed by atoms with Crippen molar-refractivity contribution in [1.29, 1.82) is 0 Å². The minimum absolute atomic E-state index is 0.444. The molecule has 0 saturated carbocycles. The summed E-state index contributed by atoms with van der Waals surface area (Å²) in [5, 5.41) is 14.4. The number of aryl methyl sites for hydroxylation is 2. The van der Waals surface area contributed by atoms with E-state index < -0.39 is 0 Å². The molecule has 2 heterocycles. The number of aromatic amines is 1. The van der Waals surface area contributed by atoms with Crippen molar-refractivity contribution in [3.05, 3.63) is 71.5 Å². The topological polar surface area (TPSA) is 85.8 Å². The predicted molar refractivity (Wildman–Crippen MR) is 123 cm³/mol. The van der Waals surface area contributed by atoms with E-state index in [1.54, 1.807) is 0 Å². The highest BCUT2D eigenvalue weighted by atomic mass is 16.5. The Hall–Kier alpha value is -3.74. The molecule has 0 aliphatic carbocycles. The standard InChI is InChI=1S/C25H27N5O2/c1-4-5-14-31-24-18(3)26-17(2)15-23(24)32-16-19-10-12-20(13-11-19)21-8-6-7-9-22(21)25-27-29-30-28-25/h6-13,15H,4-5,14,16H2,1-3H3,(H,27,28,29,30). The van der Waals surface area contributed by atoms with Gasteiger partial charge in [-0.3, -0.25) is 4.98 Å². The Bertz CT molecular complexity index is 1160. The molecule has 0 bridgehead atoms. The Morgan fingerprint density at radius 1 is 0.938 bits per heavy atom. The molecular formula is C25H27N5O2. The summed E-state index contributed by atoms with van der Waals surface area (Å²) in [6.07, 6.45) is 2.08. The van der Waals surface area contributed by atoms with Gasteiger partial charge in [-0.15, -0.1) is 10.2 Å². The maximum Gasteiger partial charge on any atom is 0.205 e. The lowest BCUT2D eigenvalue weighted by Crippen LogP contribution is -2.05. The van der Waals surface area contributed by atoms with E-state index >= 15 is 0 Å². The normalized spacial score (nSPS) is 10.8. The highest BCUT2D eigenvalue weighted by Crippen LogP contribution is 2.32. The van der Waals surface area contributed by atoms with Crippen molar-refractivity contribution in [3.63, 3.8) is 0 Å². The van der Waals surface area contributed by atoms with Crippen molar-refractivity contribution in [2.75, 3.05) is 6.61 Å². The molecule has 0 fully saturated rings. The van der Waals surface area contributed by atoms with Crippen molar-refractivity contribution in [3.8, 4) is 34.0 Å². The van der Waals surface area contributed by atoms with Crippen molar-refractivity contribution >= 4 is 0 Å². The van der Waals surface area contributed by atoms with Gasteiger partial charge in [0.1, 0.15) is 6.61 Å². The van der Waals surface area contributed by atoms with Gasteiger partial charge in [0.25, 0.3) is 0 Å². The molecule has 0 aliphatic heterocycles. The van der Waals surface area contributed by atoms with Crippen LogP contribution >= 0.6 is 0 Å². The maximum atomic E-state index is 6.15. The van der Waals surface area contributed by atoms with Gasteiger partial charge in [-0.1, -0.05) is 61.9 Å². The first-order chi connectivity index (χ1) is 15.7. The Kier molecular flexibility index (Phi) is 6.75. The number of pyridine rings is 1. The van der Waals surface area contributed by atoms with Gasteiger partial charge in [0.05, 0.1) is 12.3 Å². The number of hydrogen-bond donors (Lipinski definition) is 1. The van der Waals surface area contributed by atoms with Crippen LogP contribution in [0.15, 0.2) is 54.6 Å². The van der Waals surface area contributed by atoms with Crippen LogP contribution in [0.2, 0.25) is 0 Å². The van der Waals surface area contributed by atoms with E-state index in [1.165, 1.54) is 0 Å². The third-order valence-electron chi connectivity index (χ3n) is 5.15. The van der Waals surface area contributed by atoms with E-state index in [9.17, 15) is 0 Å². The minimum Gasteiger partial charge on any atom is -0.488 e. The Balaban J connectivity index is 1.50. The Morgan fingerprint density at radius 3 is 2.44 bits per heavy atom. The van der Waals surface area contributed by atoms with Crippen LogP contribution in [-0.2, 0) is 6.61 Å². The lowest BCUT2D eigenvalue weighted by atomic mass is 9.98. The fraction of sp³-hybridized carbons (Fsp3) is 0.280. The number of ether oxygens (including phenoxy) is 2. The summed E-state index contributed by atoms with van der Waals surface area (Å²) in [7, 11) is 0. The molecule has 7 heteroatoms. The summed E-state index contributed by atoms with van der Waals surface area (Å²) < 4.78 is 12.1. The fourth-order valence-corrected chi connectivity index (χ4v) is 3.53. The molecule has 0 unspecified atom stereocenters. The van der Waals surface area contributed by atoms with E-state index in [4.69, 9.17) is 9.47 Å². The third-order valence-corrected chi connectivity index (χ3v) is 5.15. The van der Waals surface area contributed by atoms with E-state index in [0.717, 1.165) is 58.0 Å². The third kappa shape index (κ3) is 4.94. The number of unbranched alkanes of at least 4 members (excludes halogenated alkanes) is 1. The van der Waals surface area contributed by atoms with Crippen LogP contribution in [0.5, 0.6) is 11.5 Å². The molecule has 2 aromatic carbocycles. The van der Waals surface area contributed by atoms with E-state index in [1.807, 2.05) is 38.1 Å². The number of hydrogen-bond acceptors (Lipinski definition) is 6. The van der Waals surface area contributed by atoms with Crippen LogP contribution in [-0.4, -0.2) is 32.2 Å². The minimum atomic E-state index is 0.444. The zero-order valence-corrected chi connectivity index (χ0v) is 18.6. The second-order valence-corrected chi connectivity index (χ2v) is 7.64. The average molecular weight is 430 g/mol. The lowest BCUT2D eigenvalue weighted by Gasteiger charge is -2.15. The molecular weight excluding hydrogens is 402 g/mol. The van der Waals surface area contributed by atoms with Crippen LogP contribution < -0.4 is 9.47 Å². The zero-order chi connectivity index (χ0) is 22.3. The predicted octanol–water partition coefficient (Wildman–Crippen LogP) is 5.30. The number of tetrazole rings is 1. The van der Waals surface area contributed by atoms with Crippen molar-refractivity contribution in [2.45, 2.75) is 40.2 Å². The largest absolute Gasteiger partial charge is 0.488 e. The van der Waals surface area contributed by atoms with E-state index in [2.05, 4.69) is 62.9 Å². The van der Waals surface area contributed by atoms with Crippen LogP contribution in [0, 0.1) is 13.8 Å². The van der Waals surface area contributed by atoms with Gasteiger partial charge >= 0.3 is 0 Å². The summed E-state index contributed by atoms with van der Waals surface area (Å²) in [6.45, 7) is 7.17. The zero-order valence-electron chi connectivity index (χ0n) is 18.6. The van der Waals surface area contributed by atoms with Crippen LogP contribution in [0.3, 0.4) is 0 Å². The smallest absolute Gasteiger partial charge is 0.205 e. The number of rotatable bonds is 9. The molecule has 0 radical (unpaired) electrons. The highest BCUT2D eigenvalue weighted by Gasteiger charge is 2.13. The number of nitrogens with one attached hydrogen (secondary N) is 1. The van der Waals surface area contributed by atoms with Gasteiger partial charge in [-0.05, 0) is 42.2 Å².